The zero-order chi connectivity index (χ0) is 57.1. The first-order valence-electron chi connectivity index (χ1n) is 27.6. The van der Waals surface area contributed by atoms with Crippen LogP contribution in [0, 0.1) is 17.8 Å². The third-order valence-electron chi connectivity index (χ3n) is 15.2. The van der Waals surface area contributed by atoms with Crippen LogP contribution in [0.2, 0.25) is 0 Å². The lowest BCUT2D eigenvalue weighted by Gasteiger charge is -2.35. The van der Waals surface area contributed by atoms with E-state index in [0.717, 1.165) is 55.2 Å². The number of fused-ring (bicyclic) bond motifs is 2. The van der Waals surface area contributed by atoms with E-state index in [0.29, 0.717) is 24.7 Å². The predicted molar refractivity (Wildman–Crippen MR) is 281 cm³/mol. The maximum Gasteiger partial charge on any atom is 0.248 e. The molecule has 3 fully saturated rings. The first kappa shape index (κ1) is 64.7. The van der Waals surface area contributed by atoms with Crippen LogP contribution >= 0.6 is 0 Å². The monoisotopic (exact) mass is 1090 g/mol. The van der Waals surface area contributed by atoms with Crippen molar-refractivity contribution in [3.63, 3.8) is 0 Å². The molecule has 0 aromatic carbocycles. The Labute approximate surface area is 451 Å². The quantitative estimate of drug-likeness (QED) is 0.0444. The van der Waals surface area contributed by atoms with Crippen molar-refractivity contribution in [2.24, 2.45) is 29.2 Å². The number of hydrogen-bond acceptors (Lipinski definition) is 18. The zero-order valence-electron chi connectivity index (χ0n) is 45.2. The van der Waals surface area contributed by atoms with Gasteiger partial charge in [0.1, 0.15) is 54.3 Å². The van der Waals surface area contributed by atoms with Gasteiger partial charge in [-0.1, -0.05) is 71.8 Å². The molecule has 77 heavy (non-hydrogen) atoms. The summed E-state index contributed by atoms with van der Waals surface area (Å²) in [5.74, 6) is -7.22. The minimum atomic E-state index is -2.21. The Morgan fingerprint density at radius 1 is 0.740 bits per heavy atom. The summed E-state index contributed by atoms with van der Waals surface area (Å²) in [5.41, 5.74) is 11.5. The topological polar surface area (TPSA) is 412 Å². The number of amides is 7. The average molecular weight is 1100 g/mol. The van der Waals surface area contributed by atoms with E-state index in [2.05, 4.69) is 52.7 Å². The van der Waals surface area contributed by atoms with E-state index < -0.39 is 152 Å². The summed E-state index contributed by atoms with van der Waals surface area (Å²) < 4.78 is 0. The van der Waals surface area contributed by atoms with Crippen molar-refractivity contribution in [3.05, 3.63) is 24.0 Å². The molecular formula is C52H90N10O15. The van der Waals surface area contributed by atoms with Crippen molar-refractivity contribution in [1.29, 1.82) is 0 Å². The van der Waals surface area contributed by atoms with Gasteiger partial charge in [0.15, 0.2) is 0 Å². The molecule has 25 heteroatoms. The minimum Gasteiger partial charge on any atom is -0.508 e. The third-order valence-corrected chi connectivity index (χ3v) is 15.2. The first-order valence-corrected chi connectivity index (χ1v) is 27.6. The van der Waals surface area contributed by atoms with E-state index in [1.54, 1.807) is 0 Å². The van der Waals surface area contributed by atoms with Crippen LogP contribution in [0.1, 0.15) is 124 Å². The highest BCUT2D eigenvalue weighted by molar-refractivity contribution is 5.98. The summed E-state index contributed by atoms with van der Waals surface area (Å²) in [6, 6.07) is -11.1. The molecule has 0 saturated carbocycles. The van der Waals surface area contributed by atoms with Crippen molar-refractivity contribution in [3.8, 4) is 0 Å². The highest BCUT2D eigenvalue weighted by Gasteiger charge is 2.49. The van der Waals surface area contributed by atoms with Gasteiger partial charge in [0.25, 0.3) is 0 Å². The molecule has 1 aliphatic carbocycles. The van der Waals surface area contributed by atoms with Crippen LogP contribution in [0.25, 0.3) is 0 Å². The van der Waals surface area contributed by atoms with Crippen molar-refractivity contribution >= 4 is 41.4 Å². The van der Waals surface area contributed by atoms with Gasteiger partial charge in [-0.3, -0.25) is 38.9 Å². The summed E-state index contributed by atoms with van der Waals surface area (Å²) >= 11 is 0. The second kappa shape index (κ2) is 31.7. The number of rotatable bonds is 23. The van der Waals surface area contributed by atoms with Crippen LogP contribution in [0.3, 0.4) is 0 Å². The Hall–Kier alpha value is -4.83. The Kier molecular flexibility index (Phi) is 26.6. The van der Waals surface area contributed by atoms with Crippen molar-refractivity contribution in [1.82, 2.24) is 41.7 Å². The largest absolute Gasteiger partial charge is 0.508 e. The van der Waals surface area contributed by atoms with Crippen molar-refractivity contribution < 1.29 is 74.4 Å². The molecule has 0 bridgehead atoms. The number of aliphatic hydroxyl groups excluding tert-OH is 8. The van der Waals surface area contributed by atoms with E-state index in [4.69, 9.17) is 11.5 Å². The molecule has 0 radical (unpaired) electrons. The molecule has 3 unspecified atom stereocenters. The second-order valence-corrected chi connectivity index (χ2v) is 21.6. The Bertz CT molecular complexity index is 2020. The predicted octanol–water partition coefficient (Wildman–Crippen LogP) is -3.37. The van der Waals surface area contributed by atoms with Gasteiger partial charge < -0.3 is 88.7 Å². The van der Waals surface area contributed by atoms with Crippen molar-refractivity contribution in [2.75, 3.05) is 32.7 Å². The Morgan fingerprint density at radius 2 is 1.39 bits per heavy atom. The molecule has 0 spiro atoms. The van der Waals surface area contributed by atoms with E-state index >= 15 is 0 Å². The van der Waals surface area contributed by atoms with Gasteiger partial charge >= 0.3 is 0 Å². The molecule has 4 rings (SSSR count). The lowest BCUT2D eigenvalue weighted by atomic mass is 9.88. The first-order chi connectivity index (χ1) is 36.5. The van der Waals surface area contributed by atoms with Gasteiger partial charge in [-0.25, -0.2) is 0 Å². The number of hydrogen-bond donors (Lipinski definition) is 16. The lowest BCUT2D eigenvalue weighted by Crippen LogP contribution is -2.65. The number of aliphatic hydroxyl groups is 8. The van der Waals surface area contributed by atoms with Crippen LogP contribution in [-0.4, -0.2) is 210 Å². The molecule has 0 aromatic rings. The van der Waals surface area contributed by atoms with Crippen LogP contribution in [0.5, 0.6) is 0 Å². The SMILES string of the molecule is CCC(C)CC(C)CCCCCCCCC(=O)N[C@H]1C[C@@H](O)[C@@H](NCCN)NC(=O)[C@@H]2[C@@H](O)CCN2C(=O)[C@H]([C@H](O)CCN)NC(=O)[C@H]([C@H](O)[C@@H](O)C2C=CC(O)=CC2)NC(=O)[C@@H]2C[C@@H](O)CN2C(=O)[C@H]([C@@H](C)O)NC1=O. The lowest BCUT2D eigenvalue weighted by molar-refractivity contribution is -0.148. The second-order valence-electron chi connectivity index (χ2n) is 21.6. The van der Waals surface area contributed by atoms with Crippen LogP contribution in [0.4, 0.5) is 0 Å². The number of carbonyl (C=O) groups is 7. The normalized spacial score (nSPS) is 30.6. The van der Waals surface area contributed by atoms with Gasteiger partial charge in [-0.15, -0.1) is 0 Å². The molecule has 3 saturated heterocycles. The van der Waals surface area contributed by atoms with Crippen LogP contribution < -0.4 is 43.4 Å². The van der Waals surface area contributed by atoms with Gasteiger partial charge in [-0.05, 0) is 69.6 Å². The van der Waals surface area contributed by atoms with Gasteiger partial charge in [0, 0.05) is 51.4 Å². The Morgan fingerprint density at radius 3 is 2.03 bits per heavy atom. The molecule has 17 atom stereocenters. The maximum absolute atomic E-state index is 14.6. The van der Waals surface area contributed by atoms with Crippen LogP contribution in [-0.2, 0) is 33.6 Å². The highest BCUT2D eigenvalue weighted by atomic mass is 16.3. The molecular weight excluding hydrogens is 1000 g/mol. The van der Waals surface area contributed by atoms with Gasteiger partial charge in [0.05, 0.1) is 36.6 Å². The summed E-state index contributed by atoms with van der Waals surface area (Å²) in [4.78, 5) is 102. The fourth-order valence-electron chi connectivity index (χ4n) is 10.5. The fourth-order valence-corrected chi connectivity index (χ4v) is 10.5. The van der Waals surface area contributed by atoms with Crippen LogP contribution in [0.15, 0.2) is 24.0 Å². The number of nitrogens with one attached hydrogen (secondary N) is 6. The molecule has 18 N–H and O–H groups in total. The number of carbonyl (C=O) groups excluding carboxylic acids is 7. The molecule has 7 amide bonds. The third kappa shape index (κ3) is 18.9. The summed E-state index contributed by atoms with van der Waals surface area (Å²) in [6.07, 6.45) is -2.76. The van der Waals surface area contributed by atoms with Crippen molar-refractivity contribution in [2.45, 2.75) is 209 Å². The molecule has 3 aliphatic heterocycles. The van der Waals surface area contributed by atoms with Gasteiger partial charge in [-0.2, -0.15) is 0 Å². The van der Waals surface area contributed by atoms with E-state index in [-0.39, 0.29) is 57.6 Å². The number of allylic oxidation sites excluding steroid dienone is 2. The van der Waals surface area contributed by atoms with Gasteiger partial charge in [0.2, 0.25) is 41.4 Å². The highest BCUT2D eigenvalue weighted by Crippen LogP contribution is 2.26. The summed E-state index contributed by atoms with van der Waals surface area (Å²) in [5, 5.41) is 105. The number of unbranched alkanes of at least 4 members (excludes halogenated alkanes) is 5. The summed E-state index contributed by atoms with van der Waals surface area (Å²) in [7, 11) is 0. The smallest absolute Gasteiger partial charge is 0.248 e. The minimum absolute atomic E-state index is 0.0227. The maximum atomic E-state index is 14.6. The van der Waals surface area contributed by atoms with E-state index in [1.165, 1.54) is 24.6 Å². The average Bonchev–Trinajstić information content (AvgIpc) is 3.99. The summed E-state index contributed by atoms with van der Waals surface area (Å²) in [6.45, 7) is 6.77. The van der Waals surface area contributed by atoms with E-state index in [1.807, 2.05) is 0 Å². The van der Waals surface area contributed by atoms with E-state index in [9.17, 15) is 74.4 Å². The molecule has 25 nitrogen and oxygen atoms in total. The number of nitrogens with two attached hydrogens (primary N) is 2. The fraction of sp³-hybridized carbons (Fsp3) is 0.788. The zero-order valence-corrected chi connectivity index (χ0v) is 45.2. The number of nitrogens with zero attached hydrogens (tertiary/aromatic N) is 2. The molecule has 3 heterocycles. The standard InChI is InChI=1S/C52H90N10O15/c1-5-28(2)24-29(3)12-10-8-6-7-9-11-13-39(69)56-34-26-38(68)46(55-22-21-54)60-50(75)43-37(67)19-23-61(43)52(77)41(36(66)18-20-53)58-49(74)42(45(71)44(70)31-14-16-32(64)17-15-31)59-48(73)35-25-33(65)27-62(35)51(76)40(30(4)63)57-47(34)72/h14,16-17,28-31,33-38,40-46,55,63-68,70-71H,5-13,15,18-27,53-54H2,1-4H3,(H,56,69)(H,57,72)(H,58,74)(H,59,73)(H,60,75)/t28?,29?,30-,31?,33-,34+,35+,36-,37+,38-,40+,41+,42+,43+,44+,45+,46+/m1/s1. The Balaban J connectivity index is 1.72. The molecule has 0 aromatic heterocycles. The molecule has 438 valence electrons. The molecule has 4 aliphatic rings.